The molecule has 0 bridgehead atoms. The van der Waals surface area contributed by atoms with Crippen LogP contribution in [-0.4, -0.2) is 31.1 Å². The van der Waals surface area contributed by atoms with Gasteiger partial charge < -0.3 is 0 Å². The molecule has 1 heterocycles. The number of Topliss-reactive ketones (excluding diaryl/α,β-unsaturated/α-hetero) is 1. The van der Waals surface area contributed by atoms with E-state index >= 15 is 0 Å². The number of rotatable bonds is 4. The molecule has 0 amide bonds. The van der Waals surface area contributed by atoms with Crippen LogP contribution in [0.3, 0.4) is 0 Å². The number of carbonyl (C=O) groups is 1. The molecule has 2 rings (SSSR count). The summed E-state index contributed by atoms with van der Waals surface area (Å²) < 4.78 is 27.7. The summed E-state index contributed by atoms with van der Waals surface area (Å²) >= 11 is 3.30. The molecule has 0 N–H and O–H groups in total. The van der Waals surface area contributed by atoms with Gasteiger partial charge in [-0.15, -0.1) is 0 Å². The van der Waals surface area contributed by atoms with Crippen LogP contribution in [0.25, 0.3) is 0 Å². The van der Waals surface area contributed by atoms with Crippen LogP contribution in [0.15, 0.2) is 33.6 Å². The highest BCUT2D eigenvalue weighted by molar-refractivity contribution is 9.10. The topological polar surface area (TPSA) is 54.5 Å². The van der Waals surface area contributed by atoms with Gasteiger partial charge in [-0.3, -0.25) is 4.79 Å². The molecule has 0 aromatic heterocycles. The lowest BCUT2D eigenvalue weighted by Gasteiger charge is -2.34. The fourth-order valence-corrected chi connectivity index (χ4v) is 4.88. The molecular formula is C14H18BrNO3S. The zero-order valence-electron chi connectivity index (χ0n) is 11.4. The number of hydrogen-bond acceptors (Lipinski definition) is 3. The third-order valence-electron chi connectivity index (χ3n) is 3.50. The minimum absolute atomic E-state index is 0.0337. The predicted octanol–water partition coefficient (Wildman–Crippen LogP) is 2.97. The number of hydrogen-bond donors (Lipinski definition) is 0. The van der Waals surface area contributed by atoms with Crippen molar-refractivity contribution in [1.29, 1.82) is 0 Å². The Morgan fingerprint density at radius 1 is 1.40 bits per heavy atom. The van der Waals surface area contributed by atoms with Crippen LogP contribution < -0.4 is 0 Å². The number of sulfonamides is 1. The highest BCUT2D eigenvalue weighted by Gasteiger charge is 2.33. The zero-order chi connectivity index (χ0) is 14.8. The maximum absolute atomic E-state index is 12.7. The standard InChI is InChI=1S/C14H18BrNO3S/c1-11(17)9-13-6-2-3-8-16(13)20(18,19)14-7-4-5-12(15)10-14/h4-5,7,10,13H,2-3,6,8-9H2,1H3. The second-order valence-electron chi connectivity index (χ2n) is 5.13. The molecule has 0 aliphatic carbocycles. The number of nitrogens with zero attached hydrogens (tertiary/aromatic N) is 1. The first-order valence-corrected chi connectivity index (χ1v) is 8.91. The molecule has 110 valence electrons. The molecule has 1 aliphatic rings. The van der Waals surface area contributed by atoms with Crippen molar-refractivity contribution in [3.63, 3.8) is 0 Å². The SMILES string of the molecule is CC(=O)CC1CCCCN1S(=O)(=O)c1cccc(Br)c1. The van der Waals surface area contributed by atoms with E-state index in [0.717, 1.165) is 23.7 Å². The Balaban J connectivity index is 2.33. The predicted molar refractivity (Wildman–Crippen MR) is 81.0 cm³/mol. The third kappa shape index (κ3) is 3.48. The Bertz CT molecular complexity index is 600. The Kier molecular flexibility index (Phi) is 4.99. The van der Waals surface area contributed by atoms with Crippen molar-refractivity contribution in [3.8, 4) is 0 Å². The van der Waals surface area contributed by atoms with E-state index in [9.17, 15) is 13.2 Å². The van der Waals surface area contributed by atoms with Crippen molar-refractivity contribution < 1.29 is 13.2 Å². The van der Waals surface area contributed by atoms with Crippen molar-refractivity contribution in [2.24, 2.45) is 0 Å². The quantitative estimate of drug-likeness (QED) is 0.830. The summed E-state index contributed by atoms with van der Waals surface area (Å²) in [6.07, 6.45) is 2.88. The van der Waals surface area contributed by atoms with Crippen molar-refractivity contribution in [3.05, 3.63) is 28.7 Å². The highest BCUT2D eigenvalue weighted by Crippen LogP contribution is 2.28. The van der Waals surface area contributed by atoms with Crippen LogP contribution in [0.5, 0.6) is 0 Å². The lowest BCUT2D eigenvalue weighted by Crippen LogP contribution is -2.44. The van der Waals surface area contributed by atoms with Crippen molar-refractivity contribution >= 4 is 31.7 Å². The molecule has 6 heteroatoms. The van der Waals surface area contributed by atoms with Gasteiger partial charge in [0.2, 0.25) is 10.0 Å². The Morgan fingerprint density at radius 3 is 2.80 bits per heavy atom. The number of piperidine rings is 1. The van der Waals surface area contributed by atoms with E-state index in [4.69, 9.17) is 0 Å². The molecule has 4 nitrogen and oxygen atoms in total. The molecule has 1 aromatic rings. The van der Waals surface area contributed by atoms with Gasteiger partial charge in [-0.2, -0.15) is 4.31 Å². The van der Waals surface area contributed by atoms with Gasteiger partial charge in [0.1, 0.15) is 5.78 Å². The molecule has 1 fully saturated rings. The smallest absolute Gasteiger partial charge is 0.243 e. The van der Waals surface area contributed by atoms with Crippen molar-refractivity contribution in [2.75, 3.05) is 6.54 Å². The van der Waals surface area contributed by atoms with Gasteiger partial charge in [0.15, 0.2) is 0 Å². The van der Waals surface area contributed by atoms with E-state index in [1.807, 2.05) is 0 Å². The minimum Gasteiger partial charge on any atom is -0.300 e. The van der Waals surface area contributed by atoms with Gasteiger partial charge in [-0.05, 0) is 38.0 Å². The molecule has 1 unspecified atom stereocenters. The second-order valence-corrected chi connectivity index (χ2v) is 7.94. The number of ketones is 1. The molecule has 0 saturated carbocycles. The number of benzene rings is 1. The van der Waals surface area contributed by atoms with E-state index < -0.39 is 10.0 Å². The van der Waals surface area contributed by atoms with Crippen molar-refractivity contribution in [2.45, 2.75) is 43.5 Å². The maximum Gasteiger partial charge on any atom is 0.243 e. The normalized spacial score (nSPS) is 20.8. The summed E-state index contributed by atoms with van der Waals surface area (Å²) in [6, 6.07) is 6.50. The monoisotopic (exact) mass is 359 g/mol. The molecule has 20 heavy (non-hydrogen) atoms. The maximum atomic E-state index is 12.7. The van der Waals surface area contributed by atoms with Gasteiger partial charge in [0.05, 0.1) is 4.90 Å². The van der Waals surface area contributed by atoms with E-state index in [1.54, 1.807) is 24.3 Å². The third-order valence-corrected chi connectivity index (χ3v) is 5.94. The lowest BCUT2D eigenvalue weighted by molar-refractivity contribution is -0.118. The van der Waals surface area contributed by atoms with Gasteiger partial charge in [0.25, 0.3) is 0 Å². The molecule has 1 aromatic carbocycles. The Labute approximate surface area is 128 Å². The van der Waals surface area contributed by atoms with Crippen LogP contribution in [0.2, 0.25) is 0 Å². The first kappa shape index (κ1) is 15.7. The Morgan fingerprint density at radius 2 is 2.15 bits per heavy atom. The van der Waals surface area contributed by atoms with Gasteiger partial charge in [-0.25, -0.2) is 8.42 Å². The lowest BCUT2D eigenvalue weighted by atomic mass is 10.0. The summed E-state index contributed by atoms with van der Waals surface area (Å²) in [4.78, 5) is 11.6. The first-order valence-electron chi connectivity index (χ1n) is 6.68. The zero-order valence-corrected chi connectivity index (χ0v) is 13.8. The molecule has 1 atom stereocenters. The number of carbonyl (C=O) groups excluding carboxylic acids is 1. The molecular weight excluding hydrogens is 342 g/mol. The summed E-state index contributed by atoms with van der Waals surface area (Å²) in [5, 5.41) is 0. The largest absolute Gasteiger partial charge is 0.300 e. The minimum atomic E-state index is -3.53. The average Bonchev–Trinajstić information content (AvgIpc) is 2.38. The second kappa shape index (κ2) is 6.37. The summed E-state index contributed by atoms with van der Waals surface area (Å²) in [7, 11) is -3.53. The van der Waals surface area contributed by atoms with Crippen LogP contribution in [-0.2, 0) is 14.8 Å². The van der Waals surface area contributed by atoms with Crippen LogP contribution in [0, 0.1) is 0 Å². The van der Waals surface area contributed by atoms with Crippen LogP contribution in [0.1, 0.15) is 32.6 Å². The summed E-state index contributed by atoms with van der Waals surface area (Å²) in [5.74, 6) is 0.0337. The molecule has 0 spiro atoms. The van der Waals surface area contributed by atoms with E-state index in [2.05, 4.69) is 15.9 Å². The van der Waals surface area contributed by atoms with E-state index in [0.29, 0.717) is 13.0 Å². The van der Waals surface area contributed by atoms with Gasteiger partial charge in [0, 0.05) is 23.5 Å². The fourth-order valence-electron chi connectivity index (χ4n) is 2.59. The Hall–Kier alpha value is -0.720. The summed E-state index contributed by atoms with van der Waals surface area (Å²) in [6.45, 7) is 2.01. The molecule has 1 aliphatic heterocycles. The van der Waals surface area contributed by atoms with E-state index in [-0.39, 0.29) is 16.7 Å². The number of halogens is 1. The first-order chi connectivity index (χ1) is 9.41. The van der Waals surface area contributed by atoms with E-state index in [1.165, 1.54) is 11.2 Å². The fraction of sp³-hybridized carbons (Fsp3) is 0.500. The van der Waals surface area contributed by atoms with Gasteiger partial charge >= 0.3 is 0 Å². The van der Waals surface area contributed by atoms with Crippen molar-refractivity contribution in [1.82, 2.24) is 4.31 Å². The molecule has 1 saturated heterocycles. The highest BCUT2D eigenvalue weighted by atomic mass is 79.9. The van der Waals surface area contributed by atoms with Gasteiger partial charge in [-0.1, -0.05) is 28.4 Å². The van der Waals surface area contributed by atoms with Crippen LogP contribution in [0.4, 0.5) is 0 Å². The molecule has 0 radical (unpaired) electrons. The summed E-state index contributed by atoms with van der Waals surface area (Å²) in [5.41, 5.74) is 0. The van der Waals surface area contributed by atoms with Crippen LogP contribution >= 0.6 is 15.9 Å². The average molecular weight is 360 g/mol.